The van der Waals surface area contributed by atoms with Crippen LogP contribution in [0.1, 0.15) is 15.9 Å². The van der Waals surface area contributed by atoms with E-state index < -0.39 is 33.4 Å². The highest BCUT2D eigenvalue weighted by Gasteiger charge is 2.48. The molecule has 0 atom stereocenters. The number of benzene rings is 2. The number of rotatable bonds is 6. The van der Waals surface area contributed by atoms with Crippen LogP contribution in [-0.4, -0.2) is 33.1 Å². The van der Waals surface area contributed by atoms with E-state index in [1.807, 2.05) is 0 Å². The van der Waals surface area contributed by atoms with E-state index in [9.17, 15) is 31.2 Å². The van der Waals surface area contributed by atoms with Gasteiger partial charge in [-0.25, -0.2) is 9.59 Å². The van der Waals surface area contributed by atoms with Crippen LogP contribution < -0.4 is 9.50 Å². The Kier molecular flexibility index (Phi) is 6.69. The standard InChI is InChI=1S/C17H14F3NO7S/c1-26-15(22)13-8-7-12(28-29(24,25)17(18,19)20)9-14(13)21-16(23)27-10-11-5-3-2-4-6-11/h2-9H,10H2,1H3,(H,21,23). The van der Waals surface area contributed by atoms with Gasteiger partial charge in [0.05, 0.1) is 18.4 Å². The zero-order chi connectivity index (χ0) is 21.7. The van der Waals surface area contributed by atoms with Crippen LogP contribution in [0.5, 0.6) is 5.75 Å². The molecule has 0 saturated heterocycles. The lowest BCUT2D eigenvalue weighted by Gasteiger charge is -2.13. The molecule has 0 spiro atoms. The molecule has 0 unspecified atom stereocenters. The summed E-state index contributed by atoms with van der Waals surface area (Å²) in [5.74, 6) is -1.72. The van der Waals surface area contributed by atoms with Gasteiger partial charge in [0.2, 0.25) is 0 Å². The molecule has 2 rings (SSSR count). The number of anilines is 1. The first-order chi connectivity index (χ1) is 13.5. The summed E-state index contributed by atoms with van der Waals surface area (Å²) in [6.45, 7) is -0.126. The molecule has 2 aromatic rings. The maximum absolute atomic E-state index is 12.5. The maximum atomic E-state index is 12.5. The fourth-order valence-electron chi connectivity index (χ4n) is 2.01. The summed E-state index contributed by atoms with van der Waals surface area (Å²) >= 11 is 0. The third-order valence-electron chi connectivity index (χ3n) is 3.34. The Morgan fingerprint density at radius 1 is 1.07 bits per heavy atom. The summed E-state index contributed by atoms with van der Waals surface area (Å²) < 4.78 is 73.2. The molecule has 0 bridgehead atoms. The Morgan fingerprint density at radius 3 is 2.31 bits per heavy atom. The molecule has 1 N–H and O–H groups in total. The molecule has 12 heteroatoms. The van der Waals surface area contributed by atoms with Crippen molar-refractivity contribution in [1.29, 1.82) is 0 Å². The molecule has 0 heterocycles. The number of alkyl halides is 3. The van der Waals surface area contributed by atoms with Gasteiger partial charge in [0.15, 0.2) is 0 Å². The predicted octanol–water partition coefficient (Wildman–Crippen LogP) is 3.45. The maximum Gasteiger partial charge on any atom is 0.534 e. The second-order valence-electron chi connectivity index (χ2n) is 5.37. The Morgan fingerprint density at radius 2 is 1.72 bits per heavy atom. The SMILES string of the molecule is COC(=O)c1ccc(OS(=O)(=O)C(F)(F)F)cc1NC(=O)OCc1ccccc1. The van der Waals surface area contributed by atoms with E-state index in [2.05, 4.69) is 14.2 Å². The van der Waals surface area contributed by atoms with Crippen LogP contribution in [0.4, 0.5) is 23.7 Å². The molecule has 0 aliphatic rings. The first kappa shape index (κ1) is 22.0. The third kappa shape index (κ3) is 5.85. The van der Waals surface area contributed by atoms with Gasteiger partial charge in [0.25, 0.3) is 0 Å². The Bertz CT molecular complexity index is 992. The lowest BCUT2D eigenvalue weighted by molar-refractivity contribution is -0.0500. The normalized spacial score (nSPS) is 11.4. The molecule has 2 aromatic carbocycles. The molecule has 0 aliphatic heterocycles. The van der Waals surface area contributed by atoms with Crippen LogP contribution >= 0.6 is 0 Å². The number of hydrogen-bond acceptors (Lipinski definition) is 7. The van der Waals surface area contributed by atoms with Crippen molar-refractivity contribution in [2.45, 2.75) is 12.1 Å². The van der Waals surface area contributed by atoms with Gasteiger partial charge < -0.3 is 13.7 Å². The molecule has 0 saturated carbocycles. The second-order valence-corrected chi connectivity index (χ2v) is 6.91. The molecule has 1 amide bonds. The third-order valence-corrected chi connectivity index (χ3v) is 4.31. The first-order valence-electron chi connectivity index (χ1n) is 7.74. The highest BCUT2D eigenvalue weighted by molar-refractivity contribution is 7.88. The number of methoxy groups -OCH3 is 1. The average Bonchev–Trinajstić information content (AvgIpc) is 2.65. The molecule has 0 aromatic heterocycles. The van der Waals surface area contributed by atoms with Gasteiger partial charge >= 0.3 is 27.7 Å². The molecule has 0 radical (unpaired) electrons. The summed E-state index contributed by atoms with van der Waals surface area (Å²) in [6.07, 6.45) is -1.05. The minimum Gasteiger partial charge on any atom is -0.465 e. The van der Waals surface area contributed by atoms with Crippen molar-refractivity contribution in [3.05, 3.63) is 59.7 Å². The Balaban J connectivity index is 2.22. The van der Waals surface area contributed by atoms with Gasteiger partial charge in [-0.3, -0.25) is 5.32 Å². The molecule has 0 fully saturated rings. The molecule has 29 heavy (non-hydrogen) atoms. The molecular formula is C17H14F3NO7S. The van der Waals surface area contributed by atoms with E-state index >= 15 is 0 Å². The summed E-state index contributed by atoms with van der Waals surface area (Å²) in [6, 6.07) is 11.0. The number of carbonyl (C=O) groups is 2. The fraction of sp³-hybridized carbons (Fsp3) is 0.176. The molecular weight excluding hydrogens is 419 g/mol. The summed E-state index contributed by atoms with van der Waals surface area (Å²) in [5.41, 5.74) is -5.63. The van der Waals surface area contributed by atoms with Crippen molar-refractivity contribution in [3.63, 3.8) is 0 Å². The van der Waals surface area contributed by atoms with Crippen molar-refractivity contribution < 1.29 is 44.8 Å². The van der Waals surface area contributed by atoms with Crippen molar-refractivity contribution >= 4 is 27.9 Å². The topological polar surface area (TPSA) is 108 Å². The average molecular weight is 433 g/mol. The van der Waals surface area contributed by atoms with Crippen LogP contribution in [0.25, 0.3) is 0 Å². The van der Waals surface area contributed by atoms with Gasteiger partial charge in [-0.05, 0) is 17.7 Å². The Hall–Kier alpha value is -3.28. The minimum absolute atomic E-state index is 0.126. The largest absolute Gasteiger partial charge is 0.534 e. The van der Waals surface area contributed by atoms with Crippen LogP contribution in [-0.2, 0) is 26.2 Å². The van der Waals surface area contributed by atoms with Crippen molar-refractivity contribution in [3.8, 4) is 5.75 Å². The van der Waals surface area contributed by atoms with E-state index in [1.54, 1.807) is 30.3 Å². The number of esters is 1. The van der Waals surface area contributed by atoms with Gasteiger partial charge in [-0.2, -0.15) is 21.6 Å². The van der Waals surface area contributed by atoms with Gasteiger partial charge in [-0.1, -0.05) is 30.3 Å². The summed E-state index contributed by atoms with van der Waals surface area (Å²) in [4.78, 5) is 23.8. The van der Waals surface area contributed by atoms with E-state index in [-0.39, 0.29) is 17.9 Å². The van der Waals surface area contributed by atoms with Crippen molar-refractivity contribution in [2.24, 2.45) is 0 Å². The van der Waals surface area contributed by atoms with Crippen molar-refractivity contribution in [1.82, 2.24) is 0 Å². The lowest BCUT2D eigenvalue weighted by Crippen LogP contribution is -2.28. The summed E-state index contributed by atoms with van der Waals surface area (Å²) in [7, 11) is -4.90. The number of halogens is 3. The van der Waals surface area contributed by atoms with Crippen LogP contribution in [0.3, 0.4) is 0 Å². The zero-order valence-electron chi connectivity index (χ0n) is 14.7. The van der Waals surface area contributed by atoms with Crippen LogP contribution in [0.15, 0.2) is 48.5 Å². The molecule has 156 valence electrons. The monoisotopic (exact) mass is 433 g/mol. The lowest BCUT2D eigenvalue weighted by atomic mass is 10.1. The number of hydrogen-bond donors (Lipinski definition) is 1. The quantitative estimate of drug-likeness (QED) is 0.422. The minimum atomic E-state index is -5.94. The Labute approximate surface area is 163 Å². The molecule has 0 aliphatic carbocycles. The predicted molar refractivity (Wildman–Crippen MR) is 93.6 cm³/mol. The number of carbonyl (C=O) groups excluding carboxylic acids is 2. The van der Waals surface area contributed by atoms with E-state index in [1.165, 1.54) is 0 Å². The number of nitrogens with one attached hydrogen (secondary N) is 1. The van der Waals surface area contributed by atoms with E-state index in [0.717, 1.165) is 25.3 Å². The van der Waals surface area contributed by atoms with Crippen molar-refractivity contribution in [2.75, 3.05) is 12.4 Å². The summed E-state index contributed by atoms with van der Waals surface area (Å²) in [5, 5.41) is 2.14. The van der Waals surface area contributed by atoms with Gasteiger partial charge in [-0.15, -0.1) is 0 Å². The van der Waals surface area contributed by atoms with Crippen LogP contribution in [0.2, 0.25) is 0 Å². The van der Waals surface area contributed by atoms with Gasteiger partial charge in [0, 0.05) is 6.07 Å². The molecule has 8 nitrogen and oxygen atoms in total. The second kappa shape index (κ2) is 8.82. The number of ether oxygens (including phenoxy) is 2. The van der Waals surface area contributed by atoms with E-state index in [4.69, 9.17) is 4.74 Å². The number of amides is 1. The highest BCUT2D eigenvalue weighted by Crippen LogP contribution is 2.30. The smallest absolute Gasteiger partial charge is 0.465 e. The highest BCUT2D eigenvalue weighted by atomic mass is 32.2. The zero-order valence-corrected chi connectivity index (χ0v) is 15.5. The first-order valence-corrected chi connectivity index (χ1v) is 9.15. The van der Waals surface area contributed by atoms with Crippen LogP contribution in [0, 0.1) is 0 Å². The van der Waals surface area contributed by atoms with Gasteiger partial charge in [0.1, 0.15) is 12.4 Å². The fourth-order valence-corrected chi connectivity index (χ4v) is 2.46. The van der Waals surface area contributed by atoms with E-state index in [0.29, 0.717) is 5.56 Å².